The molecule has 0 aliphatic carbocycles. The van der Waals surface area contributed by atoms with Crippen LogP contribution in [0.2, 0.25) is 0 Å². The van der Waals surface area contributed by atoms with Crippen molar-refractivity contribution in [1.29, 1.82) is 0 Å². The van der Waals surface area contributed by atoms with Crippen molar-refractivity contribution < 1.29 is 8.83 Å². The lowest BCUT2D eigenvalue weighted by Crippen LogP contribution is -2.10. The lowest BCUT2D eigenvalue weighted by atomic mass is 9.99. The molecule has 0 unspecified atom stereocenters. The van der Waals surface area contributed by atoms with Gasteiger partial charge in [-0.05, 0) is 69.8 Å². The molecule has 300 valence electrons. The zero-order valence-corrected chi connectivity index (χ0v) is 35.4. The van der Waals surface area contributed by atoms with Gasteiger partial charge in [-0.25, -0.2) is 0 Å². The molecular weight excluding hydrogens is 799 g/mol. The van der Waals surface area contributed by atoms with Crippen molar-refractivity contribution in [2.75, 3.05) is 4.90 Å². The van der Waals surface area contributed by atoms with E-state index in [-0.39, 0.29) is 0 Å². The van der Waals surface area contributed by atoms with E-state index in [1.807, 2.05) is 29.5 Å². The molecule has 13 aromatic rings. The largest absolute Gasteiger partial charge is 0.455 e. The molecule has 64 heavy (non-hydrogen) atoms. The van der Waals surface area contributed by atoms with Crippen molar-refractivity contribution in [3.8, 4) is 44.5 Å². The van der Waals surface area contributed by atoms with Crippen LogP contribution < -0.4 is 4.90 Å². The van der Waals surface area contributed by atoms with Gasteiger partial charge in [-0.3, -0.25) is 0 Å². The van der Waals surface area contributed by atoms with E-state index in [4.69, 9.17) is 8.83 Å². The monoisotopic (exact) mass is 835 g/mol. The molecule has 3 heterocycles. The summed E-state index contributed by atoms with van der Waals surface area (Å²) >= 11 is 1.88. The molecule has 0 bridgehead atoms. The maximum atomic E-state index is 6.81. The Morgan fingerprint density at radius 3 is 1.25 bits per heavy atom. The number of fused-ring (bicyclic) bond motifs is 9. The highest BCUT2D eigenvalue weighted by Crippen LogP contribution is 2.47. The zero-order valence-electron chi connectivity index (χ0n) is 34.5. The van der Waals surface area contributed by atoms with Crippen molar-refractivity contribution in [2.24, 2.45) is 0 Å². The zero-order chi connectivity index (χ0) is 42.1. The van der Waals surface area contributed by atoms with E-state index in [9.17, 15) is 0 Å². The van der Waals surface area contributed by atoms with Gasteiger partial charge in [0.25, 0.3) is 0 Å². The Kier molecular flexibility index (Phi) is 8.40. The first-order valence-electron chi connectivity index (χ1n) is 21.7. The normalized spacial score (nSPS) is 11.8. The Hall–Kier alpha value is -8.18. The summed E-state index contributed by atoms with van der Waals surface area (Å²) in [5.41, 5.74) is 15.8. The van der Waals surface area contributed by atoms with Crippen molar-refractivity contribution in [2.45, 2.75) is 0 Å². The molecular formula is C60H37NO2S. The average molecular weight is 836 g/mol. The van der Waals surface area contributed by atoms with Gasteiger partial charge in [-0.1, -0.05) is 188 Å². The average Bonchev–Trinajstić information content (AvgIpc) is 4.07. The fourth-order valence-corrected chi connectivity index (χ4v) is 11.1. The van der Waals surface area contributed by atoms with Gasteiger partial charge in [-0.2, -0.15) is 0 Å². The summed E-state index contributed by atoms with van der Waals surface area (Å²) in [4.78, 5) is 2.32. The second kappa shape index (κ2) is 14.7. The summed E-state index contributed by atoms with van der Waals surface area (Å²) in [6.45, 7) is 0. The first kappa shape index (κ1) is 36.5. The van der Waals surface area contributed by atoms with Crippen LogP contribution >= 0.6 is 11.3 Å². The van der Waals surface area contributed by atoms with Gasteiger partial charge in [0.1, 0.15) is 16.7 Å². The van der Waals surface area contributed by atoms with Crippen LogP contribution in [0.1, 0.15) is 0 Å². The van der Waals surface area contributed by atoms with Gasteiger partial charge in [0.15, 0.2) is 5.58 Å². The number of anilines is 3. The number of rotatable bonds is 7. The van der Waals surface area contributed by atoms with Crippen LogP contribution in [-0.4, -0.2) is 0 Å². The Morgan fingerprint density at radius 2 is 0.688 bits per heavy atom. The van der Waals surface area contributed by atoms with Crippen LogP contribution in [0.15, 0.2) is 233 Å². The first-order chi connectivity index (χ1) is 31.7. The highest BCUT2D eigenvalue weighted by Gasteiger charge is 2.21. The minimum atomic E-state index is 0.849. The topological polar surface area (TPSA) is 29.5 Å². The predicted molar refractivity (Wildman–Crippen MR) is 270 cm³/mol. The van der Waals surface area contributed by atoms with Gasteiger partial charge >= 0.3 is 0 Å². The third kappa shape index (κ3) is 5.81. The van der Waals surface area contributed by atoms with E-state index in [0.29, 0.717) is 0 Å². The fraction of sp³-hybridized carbons (Fsp3) is 0. The van der Waals surface area contributed by atoms with E-state index in [1.54, 1.807) is 0 Å². The van der Waals surface area contributed by atoms with Gasteiger partial charge in [-0.15, -0.1) is 11.3 Å². The van der Waals surface area contributed by atoms with E-state index in [0.717, 1.165) is 83.2 Å². The molecule has 0 spiro atoms. The number of para-hydroxylation sites is 4. The van der Waals surface area contributed by atoms with Crippen LogP contribution in [0.25, 0.3) is 109 Å². The van der Waals surface area contributed by atoms with Gasteiger partial charge in [0.05, 0.1) is 5.69 Å². The van der Waals surface area contributed by atoms with E-state index in [2.05, 4.69) is 211 Å². The summed E-state index contributed by atoms with van der Waals surface area (Å²) in [5.74, 6) is 0. The van der Waals surface area contributed by atoms with E-state index < -0.39 is 0 Å². The van der Waals surface area contributed by atoms with E-state index in [1.165, 1.54) is 42.4 Å². The van der Waals surface area contributed by atoms with Crippen LogP contribution in [0, 0.1) is 0 Å². The quantitative estimate of drug-likeness (QED) is 0.160. The molecule has 0 atom stereocenters. The van der Waals surface area contributed by atoms with Gasteiger partial charge in [0, 0.05) is 64.2 Å². The molecule has 0 N–H and O–H groups in total. The lowest BCUT2D eigenvalue weighted by Gasteiger charge is -2.26. The number of benzene rings is 10. The minimum absolute atomic E-state index is 0.849. The maximum absolute atomic E-state index is 6.81. The van der Waals surface area contributed by atoms with Crippen LogP contribution in [0.5, 0.6) is 0 Å². The van der Waals surface area contributed by atoms with Crippen LogP contribution in [0.4, 0.5) is 17.1 Å². The lowest BCUT2D eigenvalue weighted by molar-refractivity contribution is 0.669. The fourth-order valence-electron chi connectivity index (χ4n) is 9.70. The Balaban J connectivity index is 0.931. The third-order valence-corrected chi connectivity index (χ3v) is 14.0. The second-order valence-electron chi connectivity index (χ2n) is 16.3. The predicted octanol–water partition coefficient (Wildman–Crippen LogP) is 18.0. The SMILES string of the molecule is c1ccc(-c2cccc3c2oc2c(-c4ccc(N(c5ccc(-c6cccc7c6sc6c(-c8ccccc8)cccc67)cc5)c5cccc6c5oc5ccccc56)cc4)cccc23)cc1. The molecule has 0 radical (unpaired) electrons. The van der Waals surface area contributed by atoms with Crippen molar-refractivity contribution in [3.05, 3.63) is 224 Å². The summed E-state index contributed by atoms with van der Waals surface area (Å²) in [6.07, 6.45) is 0. The number of furan rings is 2. The Labute approximate surface area is 373 Å². The molecule has 3 nitrogen and oxygen atoms in total. The van der Waals surface area contributed by atoms with E-state index >= 15 is 0 Å². The van der Waals surface area contributed by atoms with Gasteiger partial charge in [0.2, 0.25) is 0 Å². The number of hydrogen-bond donors (Lipinski definition) is 0. The Bertz CT molecular complexity index is 3680. The van der Waals surface area contributed by atoms with Crippen molar-refractivity contribution in [3.63, 3.8) is 0 Å². The minimum Gasteiger partial charge on any atom is -0.455 e. The molecule has 0 aliphatic heterocycles. The Morgan fingerprint density at radius 1 is 0.281 bits per heavy atom. The molecule has 0 saturated carbocycles. The van der Waals surface area contributed by atoms with Crippen molar-refractivity contribution in [1.82, 2.24) is 0 Å². The summed E-state index contributed by atoms with van der Waals surface area (Å²) in [7, 11) is 0. The number of thiophene rings is 1. The highest BCUT2D eigenvalue weighted by molar-refractivity contribution is 7.26. The smallest absolute Gasteiger partial charge is 0.159 e. The summed E-state index contributed by atoms with van der Waals surface area (Å²) in [6, 6.07) is 80.0. The molecule has 3 aromatic heterocycles. The molecule has 4 heteroatoms. The highest BCUT2D eigenvalue weighted by atomic mass is 32.1. The number of hydrogen-bond acceptors (Lipinski definition) is 4. The third-order valence-electron chi connectivity index (χ3n) is 12.7. The first-order valence-corrected chi connectivity index (χ1v) is 22.5. The standard InChI is InChI=1S/C60H37NO2S/c1-3-14-38(15-4-1)44-19-9-23-50-51-24-10-20-45(57(51)63-56(44)50)40-30-34-42(35-31-40)61(54-28-13-25-49-48-18-7-8-29-55(48)62-58(49)54)43-36-32-41(33-37-43)47-22-12-27-53-52-26-11-21-46(59(52)64-60(47)53)39-16-5-2-6-17-39/h1-37H. The summed E-state index contributed by atoms with van der Waals surface area (Å²) < 4.78 is 16.1. The van der Waals surface area contributed by atoms with Crippen LogP contribution in [0.3, 0.4) is 0 Å². The molecule has 13 rings (SSSR count). The second-order valence-corrected chi connectivity index (χ2v) is 17.4. The maximum Gasteiger partial charge on any atom is 0.159 e. The molecule has 0 fully saturated rings. The molecule has 10 aromatic carbocycles. The van der Waals surface area contributed by atoms with Gasteiger partial charge < -0.3 is 13.7 Å². The number of nitrogens with zero attached hydrogens (tertiary/aromatic N) is 1. The molecule has 0 saturated heterocycles. The summed E-state index contributed by atoms with van der Waals surface area (Å²) in [5, 5.41) is 6.99. The molecule has 0 aliphatic rings. The molecule has 0 amide bonds. The van der Waals surface area contributed by atoms with Crippen LogP contribution in [-0.2, 0) is 0 Å². The van der Waals surface area contributed by atoms with Crippen molar-refractivity contribution >= 4 is 92.4 Å².